The number of aromatic amines is 1. The average Bonchev–Trinajstić information content (AvgIpc) is 3.28. The van der Waals surface area contributed by atoms with Gasteiger partial charge >= 0.3 is 0 Å². The molecule has 5 nitrogen and oxygen atoms in total. The Labute approximate surface area is 145 Å². The van der Waals surface area contributed by atoms with Gasteiger partial charge in [0.25, 0.3) is 0 Å². The molecule has 0 aliphatic rings. The Bertz CT molecular complexity index is 1150. The molecule has 0 fully saturated rings. The Balaban J connectivity index is 1.69. The highest BCUT2D eigenvalue weighted by atomic mass is 35.5. The topological polar surface area (TPSA) is 58.9 Å². The Kier molecular flexibility index (Phi) is 2.95. The quantitative estimate of drug-likeness (QED) is 0.503. The summed E-state index contributed by atoms with van der Waals surface area (Å²) in [5.74, 6) is 0.691. The number of hydrogen-bond donors (Lipinski definition) is 1. The molecular weight excluding hydrogens is 342 g/mol. The second-order valence-corrected chi connectivity index (χ2v) is 6.74. The van der Waals surface area contributed by atoms with Crippen LogP contribution < -0.4 is 0 Å². The Morgan fingerprint density at radius 3 is 2.71 bits per heavy atom. The molecule has 7 heteroatoms. The number of benzene rings is 2. The first-order chi connectivity index (χ1) is 11.8. The van der Waals surface area contributed by atoms with Crippen LogP contribution in [0.25, 0.3) is 38.0 Å². The molecule has 0 amide bonds. The summed E-state index contributed by atoms with van der Waals surface area (Å²) in [4.78, 5) is 4.10. The van der Waals surface area contributed by atoms with Crippen LogP contribution in [0.15, 0.2) is 54.6 Å². The van der Waals surface area contributed by atoms with E-state index >= 15 is 0 Å². The third-order valence-electron chi connectivity index (χ3n) is 3.87. The maximum absolute atomic E-state index is 6.28. The lowest BCUT2D eigenvalue weighted by atomic mass is 10.2. The van der Waals surface area contributed by atoms with Crippen molar-refractivity contribution in [3.05, 3.63) is 59.6 Å². The van der Waals surface area contributed by atoms with Gasteiger partial charge in [-0.25, -0.2) is 0 Å². The molecule has 3 aromatic heterocycles. The van der Waals surface area contributed by atoms with E-state index in [1.54, 1.807) is 4.52 Å². The van der Waals surface area contributed by atoms with Crippen molar-refractivity contribution in [3.63, 3.8) is 0 Å². The van der Waals surface area contributed by atoms with Gasteiger partial charge in [0.1, 0.15) is 5.01 Å². The number of para-hydroxylation sites is 1. The zero-order chi connectivity index (χ0) is 16.1. The predicted molar refractivity (Wildman–Crippen MR) is 96.4 cm³/mol. The molecule has 3 heterocycles. The smallest absolute Gasteiger partial charge is 0.235 e. The molecule has 0 radical (unpaired) electrons. The summed E-state index contributed by atoms with van der Waals surface area (Å²) in [6, 6.07) is 17.8. The summed E-state index contributed by atoms with van der Waals surface area (Å²) in [5.41, 5.74) is 2.85. The minimum atomic E-state index is 0.676. The minimum absolute atomic E-state index is 0.676. The van der Waals surface area contributed by atoms with Gasteiger partial charge in [-0.15, -0.1) is 10.2 Å². The molecule has 0 spiro atoms. The molecule has 0 aliphatic heterocycles. The molecule has 2 aromatic carbocycles. The number of fused-ring (bicyclic) bond motifs is 2. The molecule has 24 heavy (non-hydrogen) atoms. The fourth-order valence-electron chi connectivity index (χ4n) is 2.72. The number of H-pyrrole nitrogens is 1. The number of hydrogen-bond acceptors (Lipinski definition) is 4. The number of rotatable bonds is 2. The van der Waals surface area contributed by atoms with Crippen LogP contribution in [0, 0.1) is 0 Å². The standard InChI is InChI=1S/C17H10ClN5S/c18-12-7-3-2-6-11(12)16-22-23-15(20-21-17(23)24-16)14-9-10-5-1-4-8-13(10)19-14/h1-9,19H. The van der Waals surface area contributed by atoms with E-state index in [2.05, 4.69) is 32.4 Å². The molecule has 0 aliphatic carbocycles. The van der Waals surface area contributed by atoms with E-state index in [0.29, 0.717) is 10.8 Å². The zero-order valence-electron chi connectivity index (χ0n) is 12.3. The molecule has 0 saturated heterocycles. The second-order valence-electron chi connectivity index (χ2n) is 5.38. The molecule has 5 aromatic rings. The van der Waals surface area contributed by atoms with E-state index < -0.39 is 0 Å². The van der Waals surface area contributed by atoms with E-state index in [1.165, 1.54) is 11.3 Å². The van der Waals surface area contributed by atoms with Crippen molar-refractivity contribution in [1.82, 2.24) is 24.8 Å². The molecular formula is C17H10ClN5S. The normalized spacial score (nSPS) is 11.5. The summed E-state index contributed by atoms with van der Waals surface area (Å²) in [6.07, 6.45) is 0. The van der Waals surface area contributed by atoms with Crippen molar-refractivity contribution < 1.29 is 0 Å². The van der Waals surface area contributed by atoms with Crippen molar-refractivity contribution in [2.45, 2.75) is 0 Å². The van der Waals surface area contributed by atoms with E-state index in [0.717, 1.165) is 32.1 Å². The van der Waals surface area contributed by atoms with Crippen LogP contribution in [0.4, 0.5) is 0 Å². The highest BCUT2D eigenvalue weighted by molar-refractivity contribution is 7.19. The number of nitrogens with one attached hydrogen (secondary N) is 1. The fraction of sp³-hybridized carbons (Fsp3) is 0. The molecule has 1 N–H and O–H groups in total. The van der Waals surface area contributed by atoms with Crippen LogP contribution >= 0.6 is 22.9 Å². The molecule has 0 saturated carbocycles. The first-order valence-electron chi connectivity index (χ1n) is 7.35. The maximum Gasteiger partial charge on any atom is 0.235 e. The Hall–Kier alpha value is -2.70. The Morgan fingerprint density at radius 2 is 1.83 bits per heavy atom. The van der Waals surface area contributed by atoms with E-state index in [-0.39, 0.29) is 0 Å². The second kappa shape index (κ2) is 5.15. The monoisotopic (exact) mass is 351 g/mol. The number of nitrogens with zero attached hydrogens (tertiary/aromatic N) is 4. The van der Waals surface area contributed by atoms with Gasteiger partial charge < -0.3 is 4.98 Å². The van der Waals surface area contributed by atoms with Gasteiger partial charge in [-0.3, -0.25) is 0 Å². The lowest BCUT2D eigenvalue weighted by Gasteiger charge is -1.97. The van der Waals surface area contributed by atoms with Crippen LogP contribution in [0.3, 0.4) is 0 Å². The summed E-state index contributed by atoms with van der Waals surface area (Å²) in [7, 11) is 0. The number of halogens is 1. The minimum Gasteiger partial charge on any atom is -0.352 e. The van der Waals surface area contributed by atoms with Crippen LogP contribution in [0.1, 0.15) is 0 Å². The molecule has 5 rings (SSSR count). The third-order valence-corrected chi connectivity index (χ3v) is 5.13. The van der Waals surface area contributed by atoms with E-state index in [1.807, 2.05) is 42.5 Å². The van der Waals surface area contributed by atoms with Crippen molar-refractivity contribution in [2.24, 2.45) is 0 Å². The lowest BCUT2D eigenvalue weighted by molar-refractivity contribution is 0.965. The van der Waals surface area contributed by atoms with Crippen LogP contribution in [-0.2, 0) is 0 Å². The first-order valence-corrected chi connectivity index (χ1v) is 8.54. The predicted octanol–water partition coefficient (Wildman–Crippen LogP) is 4.65. The summed E-state index contributed by atoms with van der Waals surface area (Å²) in [5, 5.41) is 15.8. The van der Waals surface area contributed by atoms with Gasteiger partial charge in [-0.05, 0) is 18.2 Å². The number of aromatic nitrogens is 5. The zero-order valence-corrected chi connectivity index (χ0v) is 13.8. The van der Waals surface area contributed by atoms with E-state index in [4.69, 9.17) is 11.6 Å². The van der Waals surface area contributed by atoms with E-state index in [9.17, 15) is 0 Å². The van der Waals surface area contributed by atoms with Crippen molar-refractivity contribution in [2.75, 3.05) is 0 Å². The molecule has 116 valence electrons. The van der Waals surface area contributed by atoms with Crippen LogP contribution in [0.5, 0.6) is 0 Å². The van der Waals surface area contributed by atoms with Gasteiger partial charge in [-0.2, -0.15) is 9.61 Å². The first kappa shape index (κ1) is 13.7. The van der Waals surface area contributed by atoms with Gasteiger partial charge in [0.05, 0.1) is 10.7 Å². The lowest BCUT2D eigenvalue weighted by Crippen LogP contribution is -1.91. The largest absolute Gasteiger partial charge is 0.352 e. The molecule has 0 unspecified atom stereocenters. The average molecular weight is 352 g/mol. The third kappa shape index (κ3) is 2.04. The SMILES string of the molecule is Clc1ccccc1-c1nn2c(-c3cc4ccccc4[nH]3)nnc2s1. The summed E-state index contributed by atoms with van der Waals surface area (Å²) in [6.45, 7) is 0. The Morgan fingerprint density at radius 1 is 1.00 bits per heavy atom. The van der Waals surface area contributed by atoms with Crippen molar-refractivity contribution in [3.8, 4) is 22.1 Å². The van der Waals surface area contributed by atoms with Gasteiger partial charge in [0.15, 0.2) is 0 Å². The van der Waals surface area contributed by atoms with Crippen molar-refractivity contribution >= 4 is 38.8 Å². The highest BCUT2D eigenvalue weighted by Crippen LogP contribution is 2.32. The summed E-state index contributed by atoms with van der Waals surface area (Å²) < 4.78 is 1.76. The van der Waals surface area contributed by atoms with Gasteiger partial charge in [0, 0.05) is 16.5 Å². The molecule has 0 atom stereocenters. The summed E-state index contributed by atoms with van der Waals surface area (Å²) >= 11 is 7.75. The van der Waals surface area contributed by atoms with Crippen LogP contribution in [0.2, 0.25) is 5.02 Å². The fourth-order valence-corrected chi connectivity index (χ4v) is 3.88. The van der Waals surface area contributed by atoms with Gasteiger partial charge in [0.2, 0.25) is 10.8 Å². The van der Waals surface area contributed by atoms with Crippen LogP contribution in [-0.4, -0.2) is 24.8 Å². The van der Waals surface area contributed by atoms with Gasteiger partial charge in [-0.1, -0.05) is 59.3 Å². The highest BCUT2D eigenvalue weighted by Gasteiger charge is 2.17. The molecule has 0 bridgehead atoms. The maximum atomic E-state index is 6.28. The van der Waals surface area contributed by atoms with Crippen molar-refractivity contribution in [1.29, 1.82) is 0 Å².